The van der Waals surface area contributed by atoms with E-state index in [1.807, 2.05) is 6.92 Å². The van der Waals surface area contributed by atoms with Gasteiger partial charge >= 0.3 is 0 Å². The van der Waals surface area contributed by atoms with Crippen LogP contribution >= 0.6 is 0 Å². The molecular weight excluding hydrogens is 223 g/mol. The fourth-order valence-corrected chi connectivity index (χ4v) is 1.53. The van der Waals surface area contributed by atoms with E-state index in [2.05, 4.69) is 5.32 Å². The first-order valence-corrected chi connectivity index (χ1v) is 5.42. The second kappa shape index (κ2) is 6.32. The molecule has 0 aliphatic heterocycles. The van der Waals surface area contributed by atoms with Crippen LogP contribution in [0.3, 0.4) is 0 Å². The molecule has 0 radical (unpaired) electrons. The van der Waals surface area contributed by atoms with Crippen LogP contribution in [0.1, 0.15) is 24.5 Å². The number of nitrogens with one attached hydrogen (secondary N) is 1. The van der Waals surface area contributed by atoms with Gasteiger partial charge in [-0.15, -0.1) is 0 Å². The molecule has 0 aromatic heterocycles. The smallest absolute Gasteiger partial charge is 0.218 e. The maximum Gasteiger partial charge on any atom is 0.218 e. The van der Waals surface area contributed by atoms with Crippen molar-refractivity contribution in [2.75, 3.05) is 0 Å². The lowest BCUT2D eigenvalue weighted by atomic mass is 10.1. The molecule has 1 rings (SSSR count). The number of hydrogen-bond donors (Lipinski definition) is 3. The highest BCUT2D eigenvalue weighted by Crippen LogP contribution is 2.10. The molecule has 94 valence electrons. The van der Waals surface area contributed by atoms with Crippen LogP contribution in [0.2, 0.25) is 0 Å². The molecule has 4 N–H and O–H groups in total. The normalized spacial score (nSPS) is 12.4. The fourth-order valence-electron chi connectivity index (χ4n) is 1.53. The minimum atomic E-state index is -0.415. The number of carbonyl (C=O) groups excluding carboxylic acids is 1. The van der Waals surface area contributed by atoms with Crippen molar-refractivity contribution in [1.82, 2.24) is 5.32 Å². The quantitative estimate of drug-likeness (QED) is 0.684. The van der Waals surface area contributed by atoms with Crippen molar-refractivity contribution >= 4 is 5.91 Å². The number of rotatable bonds is 6. The van der Waals surface area contributed by atoms with Gasteiger partial charge in [-0.05, 0) is 24.6 Å². The molecule has 0 saturated carbocycles. The number of amides is 1. The minimum absolute atomic E-state index is 0.0323. The Balaban J connectivity index is 2.54. The molecule has 1 aromatic rings. The summed E-state index contributed by atoms with van der Waals surface area (Å²) in [6.07, 6.45) is 0.258. The van der Waals surface area contributed by atoms with E-state index in [-0.39, 0.29) is 30.5 Å². The van der Waals surface area contributed by atoms with Crippen LogP contribution in [0.25, 0.3) is 0 Å². The van der Waals surface area contributed by atoms with Gasteiger partial charge in [0.2, 0.25) is 5.91 Å². The highest BCUT2D eigenvalue weighted by atomic mass is 19.1. The van der Waals surface area contributed by atoms with E-state index >= 15 is 0 Å². The van der Waals surface area contributed by atoms with Gasteiger partial charge in [-0.25, -0.2) is 4.39 Å². The molecule has 0 saturated heterocycles. The summed E-state index contributed by atoms with van der Waals surface area (Å²) in [6, 6.07) is 4.52. The molecule has 4 nitrogen and oxygen atoms in total. The molecule has 1 amide bonds. The third kappa shape index (κ3) is 4.50. The maximum atomic E-state index is 13.1. The Kier molecular flexibility index (Phi) is 5.06. The minimum Gasteiger partial charge on any atom is -0.392 e. The van der Waals surface area contributed by atoms with E-state index in [1.165, 1.54) is 6.07 Å². The summed E-state index contributed by atoms with van der Waals surface area (Å²) >= 11 is 0. The first-order chi connectivity index (χ1) is 8.02. The van der Waals surface area contributed by atoms with Gasteiger partial charge in [0.15, 0.2) is 0 Å². The summed E-state index contributed by atoms with van der Waals surface area (Å²) in [5.41, 5.74) is 6.19. The number of halogens is 1. The Morgan fingerprint density at radius 1 is 1.59 bits per heavy atom. The molecule has 17 heavy (non-hydrogen) atoms. The maximum absolute atomic E-state index is 13.1. The lowest BCUT2D eigenvalue weighted by Crippen LogP contribution is -2.30. The van der Waals surface area contributed by atoms with Crippen LogP contribution in [0, 0.1) is 5.82 Å². The SMILES string of the molecule is CC(CC(N)=O)NCc1ccc(F)c(CO)c1. The zero-order valence-electron chi connectivity index (χ0n) is 9.74. The van der Waals surface area contributed by atoms with Gasteiger partial charge in [0.25, 0.3) is 0 Å². The third-order valence-electron chi connectivity index (χ3n) is 2.44. The van der Waals surface area contributed by atoms with Crippen molar-refractivity contribution in [2.45, 2.75) is 32.5 Å². The van der Waals surface area contributed by atoms with Gasteiger partial charge in [0, 0.05) is 24.6 Å². The van der Waals surface area contributed by atoms with Gasteiger partial charge in [-0.1, -0.05) is 6.07 Å². The highest BCUT2D eigenvalue weighted by molar-refractivity contribution is 5.74. The summed E-state index contributed by atoms with van der Waals surface area (Å²) < 4.78 is 13.1. The topological polar surface area (TPSA) is 75.4 Å². The van der Waals surface area contributed by atoms with E-state index in [9.17, 15) is 9.18 Å². The van der Waals surface area contributed by atoms with E-state index in [1.54, 1.807) is 12.1 Å². The Morgan fingerprint density at radius 3 is 2.88 bits per heavy atom. The molecule has 0 fully saturated rings. The summed E-state index contributed by atoms with van der Waals surface area (Å²) in [5, 5.41) is 12.0. The average molecular weight is 240 g/mol. The molecule has 0 bridgehead atoms. The van der Waals surface area contributed by atoms with Gasteiger partial charge in [-0.2, -0.15) is 0 Å². The number of aliphatic hydroxyl groups is 1. The molecular formula is C12H17FN2O2. The lowest BCUT2D eigenvalue weighted by molar-refractivity contribution is -0.118. The number of hydrogen-bond acceptors (Lipinski definition) is 3. The van der Waals surface area contributed by atoms with Crippen molar-refractivity contribution in [2.24, 2.45) is 5.73 Å². The third-order valence-corrected chi connectivity index (χ3v) is 2.44. The standard InChI is InChI=1S/C12H17FN2O2/c1-8(4-12(14)17)15-6-9-2-3-11(13)10(5-9)7-16/h2-3,5,8,15-16H,4,6-7H2,1H3,(H2,14,17). The first-order valence-electron chi connectivity index (χ1n) is 5.42. The van der Waals surface area contributed by atoms with Crippen LogP contribution in [-0.4, -0.2) is 17.1 Å². The van der Waals surface area contributed by atoms with Crippen molar-refractivity contribution in [3.05, 3.63) is 35.1 Å². The van der Waals surface area contributed by atoms with Crippen molar-refractivity contribution in [3.63, 3.8) is 0 Å². The van der Waals surface area contributed by atoms with Gasteiger partial charge in [0.05, 0.1) is 6.61 Å². The van der Waals surface area contributed by atoms with Crippen molar-refractivity contribution in [1.29, 1.82) is 0 Å². The van der Waals surface area contributed by atoms with E-state index in [4.69, 9.17) is 10.8 Å². The van der Waals surface area contributed by atoms with Crippen LogP contribution in [0.15, 0.2) is 18.2 Å². The van der Waals surface area contributed by atoms with Crippen LogP contribution in [0.4, 0.5) is 4.39 Å². The molecule has 0 heterocycles. The molecule has 1 aromatic carbocycles. The zero-order valence-corrected chi connectivity index (χ0v) is 9.74. The predicted molar refractivity (Wildman–Crippen MR) is 62.4 cm³/mol. The highest BCUT2D eigenvalue weighted by Gasteiger charge is 2.06. The van der Waals surface area contributed by atoms with Gasteiger partial charge in [0.1, 0.15) is 5.82 Å². The molecule has 1 unspecified atom stereocenters. The van der Waals surface area contributed by atoms with Crippen molar-refractivity contribution in [3.8, 4) is 0 Å². The average Bonchev–Trinajstić information content (AvgIpc) is 2.27. The second-order valence-electron chi connectivity index (χ2n) is 4.04. The number of benzene rings is 1. The van der Waals surface area contributed by atoms with E-state index in [0.29, 0.717) is 6.54 Å². The summed E-state index contributed by atoms with van der Waals surface area (Å²) in [6.45, 7) is 2.03. The molecule has 5 heteroatoms. The lowest BCUT2D eigenvalue weighted by Gasteiger charge is -2.12. The van der Waals surface area contributed by atoms with Gasteiger partial charge in [-0.3, -0.25) is 4.79 Å². The summed E-state index contributed by atoms with van der Waals surface area (Å²) in [7, 11) is 0. The monoisotopic (exact) mass is 240 g/mol. The predicted octanol–water partition coefficient (Wildman–Crippen LogP) is 0.671. The van der Waals surface area contributed by atoms with Gasteiger partial charge < -0.3 is 16.2 Å². The molecule has 0 spiro atoms. The number of nitrogens with two attached hydrogens (primary N) is 1. The Bertz CT molecular complexity index is 396. The molecule has 0 aliphatic rings. The van der Waals surface area contributed by atoms with Crippen LogP contribution in [-0.2, 0) is 17.9 Å². The van der Waals surface area contributed by atoms with Crippen LogP contribution < -0.4 is 11.1 Å². The fraction of sp³-hybridized carbons (Fsp3) is 0.417. The summed E-state index contributed by atoms with van der Waals surface area (Å²) in [5.74, 6) is -0.776. The van der Waals surface area contributed by atoms with E-state index < -0.39 is 5.82 Å². The first kappa shape index (κ1) is 13.6. The number of aliphatic hydroxyl groups excluding tert-OH is 1. The summed E-state index contributed by atoms with van der Waals surface area (Å²) in [4.78, 5) is 10.7. The Labute approximate surface area is 99.6 Å². The van der Waals surface area contributed by atoms with E-state index in [0.717, 1.165) is 5.56 Å². The second-order valence-corrected chi connectivity index (χ2v) is 4.04. The Morgan fingerprint density at radius 2 is 2.29 bits per heavy atom. The van der Waals surface area contributed by atoms with Crippen LogP contribution in [0.5, 0.6) is 0 Å². The molecule has 1 atom stereocenters. The zero-order chi connectivity index (χ0) is 12.8. The Hall–Kier alpha value is -1.46. The number of carbonyl (C=O) groups is 1. The van der Waals surface area contributed by atoms with Crippen molar-refractivity contribution < 1.29 is 14.3 Å². The number of primary amides is 1. The largest absolute Gasteiger partial charge is 0.392 e. The molecule has 0 aliphatic carbocycles.